The number of methoxy groups -OCH3 is 1. The Bertz CT molecular complexity index is 1240. The smallest absolute Gasteiger partial charge is 0.380 e. The summed E-state index contributed by atoms with van der Waals surface area (Å²) >= 11 is 0. The predicted molar refractivity (Wildman–Crippen MR) is 126 cm³/mol. The first kappa shape index (κ1) is 24.5. The van der Waals surface area contributed by atoms with Gasteiger partial charge in [-0.25, -0.2) is 15.0 Å². The standard InChI is InChI=1S/C23H26F3N7O2/c1-5-20(34)30-17-8-18-19(6-13(17)2)32(3)22(31-18)33-11-15(7-16(12-33)35-4)29-21-27-9-14(10-28-21)23(24,25)26/h5-6,8-10,15-16H,1,7,11-12H2,2-4H3,(H,30,34)(H,27,28,29)/t15-,16-/m1/s1. The van der Waals surface area contributed by atoms with Crippen LogP contribution in [0.5, 0.6) is 0 Å². The summed E-state index contributed by atoms with van der Waals surface area (Å²) in [4.78, 5) is 26.3. The molecule has 1 fully saturated rings. The zero-order chi connectivity index (χ0) is 25.3. The molecule has 1 saturated heterocycles. The predicted octanol–water partition coefficient (Wildman–Crippen LogP) is 3.52. The van der Waals surface area contributed by atoms with Crippen LogP contribution in [0, 0.1) is 6.92 Å². The van der Waals surface area contributed by atoms with Crippen molar-refractivity contribution in [3.05, 3.63) is 48.3 Å². The molecule has 1 aliphatic rings. The Morgan fingerprint density at radius 1 is 1.26 bits per heavy atom. The number of fused-ring (bicyclic) bond motifs is 1. The number of alkyl halides is 3. The molecule has 0 unspecified atom stereocenters. The highest BCUT2D eigenvalue weighted by Gasteiger charge is 2.33. The molecule has 0 bridgehead atoms. The number of rotatable bonds is 6. The molecule has 4 rings (SSSR count). The number of piperidine rings is 1. The van der Waals surface area contributed by atoms with Gasteiger partial charge in [-0.15, -0.1) is 0 Å². The zero-order valence-electron chi connectivity index (χ0n) is 19.6. The van der Waals surface area contributed by atoms with Crippen LogP contribution in [0.1, 0.15) is 17.5 Å². The Morgan fingerprint density at radius 3 is 2.60 bits per heavy atom. The minimum absolute atomic E-state index is 0.114. The summed E-state index contributed by atoms with van der Waals surface area (Å²) in [5, 5.41) is 5.91. The number of carbonyl (C=O) groups is 1. The topological polar surface area (TPSA) is 97.2 Å². The first-order chi connectivity index (χ1) is 16.6. The van der Waals surface area contributed by atoms with Gasteiger partial charge in [0.1, 0.15) is 0 Å². The van der Waals surface area contributed by atoms with Crippen LogP contribution in [0.3, 0.4) is 0 Å². The highest BCUT2D eigenvalue weighted by atomic mass is 19.4. The highest BCUT2D eigenvalue weighted by Crippen LogP contribution is 2.30. The maximum atomic E-state index is 12.8. The Kier molecular flexibility index (Phi) is 6.66. The zero-order valence-corrected chi connectivity index (χ0v) is 19.6. The molecule has 0 radical (unpaired) electrons. The summed E-state index contributed by atoms with van der Waals surface area (Å²) in [6, 6.07) is 3.59. The van der Waals surface area contributed by atoms with Crippen LogP contribution in [-0.2, 0) is 22.8 Å². The van der Waals surface area contributed by atoms with E-state index in [-0.39, 0.29) is 24.0 Å². The summed E-state index contributed by atoms with van der Waals surface area (Å²) in [6.45, 7) is 6.48. The molecule has 35 heavy (non-hydrogen) atoms. The highest BCUT2D eigenvalue weighted by molar-refractivity contribution is 6.00. The molecule has 0 spiro atoms. The van der Waals surface area contributed by atoms with Crippen molar-refractivity contribution in [2.45, 2.75) is 31.7 Å². The molecule has 1 aromatic carbocycles. The molecule has 2 aromatic heterocycles. The molecule has 1 aliphatic heterocycles. The average Bonchev–Trinajstić information content (AvgIpc) is 3.14. The van der Waals surface area contributed by atoms with Crippen LogP contribution in [0.25, 0.3) is 11.0 Å². The van der Waals surface area contributed by atoms with Crippen LogP contribution in [-0.4, -0.2) is 57.8 Å². The van der Waals surface area contributed by atoms with Crippen molar-refractivity contribution in [3.63, 3.8) is 0 Å². The van der Waals surface area contributed by atoms with Crippen molar-refractivity contribution in [2.75, 3.05) is 35.7 Å². The molecule has 186 valence electrons. The van der Waals surface area contributed by atoms with Gasteiger partial charge in [-0.3, -0.25) is 4.79 Å². The summed E-state index contributed by atoms with van der Waals surface area (Å²) in [6.07, 6.45) is -1.27. The molecule has 3 aromatic rings. The fourth-order valence-corrected chi connectivity index (χ4v) is 4.15. The molecule has 9 nitrogen and oxygen atoms in total. The lowest BCUT2D eigenvalue weighted by Crippen LogP contribution is -2.50. The first-order valence-corrected chi connectivity index (χ1v) is 10.9. The molecule has 2 atom stereocenters. The quantitative estimate of drug-likeness (QED) is 0.512. The number of hydrogen-bond donors (Lipinski definition) is 2. The lowest BCUT2D eigenvalue weighted by Gasteiger charge is -2.37. The van der Waals surface area contributed by atoms with Crippen LogP contribution < -0.4 is 15.5 Å². The number of imidazole rings is 1. The fraction of sp³-hybridized carbons (Fsp3) is 0.391. The van der Waals surface area contributed by atoms with E-state index in [1.165, 1.54) is 6.08 Å². The number of aromatic nitrogens is 4. The molecule has 12 heteroatoms. The fourth-order valence-electron chi connectivity index (χ4n) is 4.15. The van der Waals surface area contributed by atoms with Crippen molar-refractivity contribution in [1.82, 2.24) is 19.5 Å². The number of nitrogens with one attached hydrogen (secondary N) is 2. The van der Waals surface area contributed by atoms with Crippen LogP contribution in [0.2, 0.25) is 0 Å². The van der Waals surface area contributed by atoms with E-state index in [9.17, 15) is 18.0 Å². The van der Waals surface area contributed by atoms with Gasteiger partial charge in [-0.05, 0) is 37.1 Å². The van der Waals surface area contributed by atoms with Gasteiger partial charge in [-0.2, -0.15) is 13.2 Å². The second-order valence-corrected chi connectivity index (χ2v) is 8.45. The van der Waals surface area contributed by atoms with Crippen molar-refractivity contribution < 1.29 is 22.7 Å². The van der Waals surface area contributed by atoms with Crippen molar-refractivity contribution in [1.29, 1.82) is 0 Å². The van der Waals surface area contributed by atoms with Gasteiger partial charge in [0.05, 0.1) is 22.7 Å². The van der Waals surface area contributed by atoms with E-state index in [1.807, 2.05) is 30.7 Å². The summed E-state index contributed by atoms with van der Waals surface area (Å²) in [7, 11) is 3.52. The number of aryl methyl sites for hydroxylation is 2. The average molecular weight is 490 g/mol. The Labute approximate surface area is 200 Å². The van der Waals surface area contributed by atoms with E-state index < -0.39 is 11.7 Å². The molecule has 1 amide bonds. The summed E-state index contributed by atoms with van der Waals surface area (Å²) in [5.74, 6) is 0.512. The van der Waals surface area contributed by atoms with Crippen LogP contribution in [0.4, 0.5) is 30.8 Å². The van der Waals surface area contributed by atoms with Gasteiger partial charge in [0.25, 0.3) is 0 Å². The van der Waals surface area contributed by atoms with E-state index in [1.54, 1.807) is 7.11 Å². The van der Waals surface area contributed by atoms with Crippen molar-refractivity contribution in [2.24, 2.45) is 7.05 Å². The Morgan fingerprint density at radius 2 is 1.97 bits per heavy atom. The van der Waals surface area contributed by atoms with Crippen LogP contribution >= 0.6 is 0 Å². The van der Waals surface area contributed by atoms with E-state index >= 15 is 0 Å². The van der Waals surface area contributed by atoms with Gasteiger partial charge in [-0.1, -0.05) is 6.58 Å². The third-order valence-corrected chi connectivity index (χ3v) is 5.99. The number of carbonyl (C=O) groups excluding carboxylic acids is 1. The molecular weight excluding hydrogens is 463 g/mol. The lowest BCUT2D eigenvalue weighted by molar-refractivity contribution is -0.138. The Balaban J connectivity index is 1.58. The monoisotopic (exact) mass is 489 g/mol. The number of hydrogen-bond acceptors (Lipinski definition) is 7. The number of halogens is 3. The Hall–Kier alpha value is -3.67. The number of amides is 1. The minimum atomic E-state index is -4.49. The SMILES string of the molecule is C=CC(=O)Nc1cc2nc(N3C[C@H](Nc4ncc(C(F)(F)F)cn4)C[C@@H](OC)C3)n(C)c2cc1C. The molecule has 3 heterocycles. The lowest BCUT2D eigenvalue weighted by atomic mass is 10.0. The second kappa shape index (κ2) is 9.53. The molecule has 0 saturated carbocycles. The number of nitrogens with zero attached hydrogens (tertiary/aromatic N) is 5. The first-order valence-electron chi connectivity index (χ1n) is 10.9. The normalized spacial score (nSPS) is 18.5. The summed E-state index contributed by atoms with van der Waals surface area (Å²) < 4.78 is 46.0. The largest absolute Gasteiger partial charge is 0.419 e. The van der Waals surface area contributed by atoms with E-state index in [0.29, 0.717) is 36.7 Å². The second-order valence-electron chi connectivity index (χ2n) is 8.45. The maximum absolute atomic E-state index is 12.8. The maximum Gasteiger partial charge on any atom is 0.419 e. The third kappa shape index (κ3) is 5.21. The van der Waals surface area contributed by atoms with E-state index in [2.05, 4.69) is 32.1 Å². The number of ether oxygens (including phenoxy) is 1. The number of anilines is 3. The summed E-state index contributed by atoms with van der Waals surface area (Å²) in [5.41, 5.74) is 2.24. The van der Waals surface area contributed by atoms with Gasteiger partial charge in [0.15, 0.2) is 0 Å². The molecule has 0 aliphatic carbocycles. The van der Waals surface area contributed by atoms with Crippen molar-refractivity contribution in [3.8, 4) is 0 Å². The van der Waals surface area contributed by atoms with Gasteiger partial charge < -0.3 is 24.8 Å². The van der Waals surface area contributed by atoms with Gasteiger partial charge in [0.2, 0.25) is 17.8 Å². The molecule has 2 N–H and O–H groups in total. The number of benzene rings is 1. The van der Waals surface area contributed by atoms with E-state index in [0.717, 1.165) is 23.5 Å². The third-order valence-electron chi connectivity index (χ3n) is 5.99. The van der Waals surface area contributed by atoms with Gasteiger partial charge in [0, 0.05) is 51.4 Å². The van der Waals surface area contributed by atoms with E-state index in [4.69, 9.17) is 9.72 Å². The minimum Gasteiger partial charge on any atom is -0.380 e. The van der Waals surface area contributed by atoms with Crippen LogP contribution in [0.15, 0.2) is 37.2 Å². The van der Waals surface area contributed by atoms with Gasteiger partial charge >= 0.3 is 6.18 Å². The molecular formula is C23H26F3N7O2. The van der Waals surface area contributed by atoms with Crippen molar-refractivity contribution >= 4 is 34.5 Å².